The number of carbonyl (C=O) groups excluding carboxylic acids is 1. The predicted octanol–water partition coefficient (Wildman–Crippen LogP) is 2.80. The zero-order valence-electron chi connectivity index (χ0n) is 9.87. The third kappa shape index (κ3) is 2.15. The van der Waals surface area contributed by atoms with Crippen molar-refractivity contribution < 1.29 is 13.2 Å². The van der Waals surface area contributed by atoms with E-state index in [9.17, 15) is 13.2 Å². The molecule has 0 unspecified atom stereocenters. The van der Waals surface area contributed by atoms with Gasteiger partial charge < -0.3 is 0 Å². The summed E-state index contributed by atoms with van der Waals surface area (Å²) >= 11 is 1.48. The molecule has 0 saturated heterocycles. The van der Waals surface area contributed by atoms with Crippen LogP contribution in [0.4, 0.5) is 0 Å². The van der Waals surface area contributed by atoms with Crippen molar-refractivity contribution in [1.29, 1.82) is 0 Å². The summed E-state index contributed by atoms with van der Waals surface area (Å²) in [7, 11) is -3.41. The highest BCUT2D eigenvalue weighted by molar-refractivity contribution is 7.91. The Kier molecular flexibility index (Phi) is 2.88. The van der Waals surface area contributed by atoms with Crippen molar-refractivity contribution in [2.75, 3.05) is 5.75 Å². The molecule has 0 fully saturated rings. The van der Waals surface area contributed by atoms with E-state index in [1.54, 1.807) is 24.3 Å². The molecular formula is C14H10O3S2. The third-order valence-electron chi connectivity index (χ3n) is 2.96. The predicted molar refractivity (Wildman–Crippen MR) is 75.1 cm³/mol. The fraction of sp³-hybridized carbons (Fsp3) is 0.0714. The van der Waals surface area contributed by atoms with Crippen molar-refractivity contribution in [2.24, 2.45) is 0 Å². The Labute approximate surface area is 115 Å². The van der Waals surface area contributed by atoms with E-state index in [2.05, 4.69) is 0 Å². The van der Waals surface area contributed by atoms with Crippen LogP contribution in [0.3, 0.4) is 0 Å². The smallest absolute Gasteiger partial charge is 0.191 e. The van der Waals surface area contributed by atoms with Gasteiger partial charge in [-0.3, -0.25) is 4.79 Å². The van der Waals surface area contributed by atoms with Gasteiger partial charge in [-0.25, -0.2) is 8.42 Å². The van der Waals surface area contributed by atoms with Gasteiger partial charge in [0.05, 0.1) is 10.6 Å². The Bertz CT molecular complexity index is 769. The number of hydrogen-bond acceptors (Lipinski definition) is 4. The maximum absolute atomic E-state index is 12.3. The summed E-state index contributed by atoms with van der Waals surface area (Å²) in [5.74, 6) is -0.417. The molecule has 2 aromatic rings. The van der Waals surface area contributed by atoms with Gasteiger partial charge in [-0.2, -0.15) is 0 Å². The van der Waals surface area contributed by atoms with Crippen molar-refractivity contribution in [1.82, 2.24) is 0 Å². The molecule has 1 aromatic carbocycles. The SMILES string of the molecule is O=C1/C(=C\c2cccs2)CS(=O)(=O)c2ccccc21. The van der Waals surface area contributed by atoms with E-state index < -0.39 is 9.84 Å². The third-order valence-corrected chi connectivity index (χ3v) is 5.50. The molecule has 96 valence electrons. The molecule has 0 bridgehead atoms. The van der Waals surface area contributed by atoms with E-state index in [0.29, 0.717) is 5.57 Å². The van der Waals surface area contributed by atoms with Crippen molar-refractivity contribution >= 4 is 33.0 Å². The number of benzene rings is 1. The van der Waals surface area contributed by atoms with Gasteiger partial charge in [0.1, 0.15) is 0 Å². The van der Waals surface area contributed by atoms with Gasteiger partial charge in [0.25, 0.3) is 0 Å². The van der Waals surface area contributed by atoms with Crippen molar-refractivity contribution in [2.45, 2.75) is 4.90 Å². The van der Waals surface area contributed by atoms with Gasteiger partial charge in [-0.1, -0.05) is 18.2 Å². The van der Waals surface area contributed by atoms with E-state index in [4.69, 9.17) is 0 Å². The van der Waals surface area contributed by atoms with Crippen LogP contribution < -0.4 is 0 Å². The van der Waals surface area contributed by atoms with Gasteiger partial charge in [-0.15, -0.1) is 11.3 Å². The monoisotopic (exact) mass is 290 g/mol. The topological polar surface area (TPSA) is 51.2 Å². The maximum atomic E-state index is 12.3. The average Bonchev–Trinajstić information content (AvgIpc) is 2.88. The summed E-state index contributed by atoms with van der Waals surface area (Å²) in [5, 5.41) is 1.89. The number of ketones is 1. The molecule has 1 aromatic heterocycles. The molecule has 3 rings (SSSR count). The van der Waals surface area contributed by atoms with E-state index in [1.807, 2.05) is 17.5 Å². The largest absolute Gasteiger partial charge is 0.289 e. The highest BCUT2D eigenvalue weighted by Gasteiger charge is 2.32. The quantitative estimate of drug-likeness (QED) is 0.759. The lowest BCUT2D eigenvalue weighted by Gasteiger charge is -2.17. The summed E-state index contributed by atoms with van der Waals surface area (Å²) in [5.41, 5.74) is 0.609. The summed E-state index contributed by atoms with van der Waals surface area (Å²) in [6.07, 6.45) is 1.67. The number of sulfone groups is 1. The Balaban J connectivity index is 2.17. The van der Waals surface area contributed by atoms with Gasteiger partial charge in [0.15, 0.2) is 15.6 Å². The van der Waals surface area contributed by atoms with Crippen LogP contribution in [0.1, 0.15) is 15.2 Å². The Hall–Kier alpha value is -1.72. The number of Topliss-reactive ketones (excluding diaryl/α,β-unsaturated/α-hetero) is 1. The molecule has 1 aliphatic heterocycles. The summed E-state index contributed by atoms with van der Waals surface area (Å²) in [6.45, 7) is 0. The minimum Gasteiger partial charge on any atom is -0.289 e. The standard InChI is InChI=1S/C14H10O3S2/c15-14-10(8-11-4-3-7-18-11)9-19(16,17)13-6-2-1-5-12(13)14/h1-8H,9H2/b10-8-. The number of hydrogen-bond donors (Lipinski definition) is 0. The lowest BCUT2D eigenvalue weighted by atomic mass is 10.0. The van der Waals surface area contributed by atoms with Crippen LogP contribution in [0.15, 0.2) is 52.2 Å². The van der Waals surface area contributed by atoms with Crippen molar-refractivity contribution in [3.05, 3.63) is 57.8 Å². The molecule has 5 heteroatoms. The second kappa shape index (κ2) is 4.43. The fourth-order valence-corrected chi connectivity index (χ4v) is 4.34. The lowest BCUT2D eigenvalue weighted by molar-refractivity contribution is 0.103. The molecule has 2 heterocycles. The Morgan fingerprint density at radius 2 is 1.89 bits per heavy atom. The van der Waals surface area contributed by atoms with Crippen LogP contribution in [0.5, 0.6) is 0 Å². The number of fused-ring (bicyclic) bond motifs is 1. The second-order valence-corrected chi connectivity index (χ2v) is 7.21. The van der Waals surface area contributed by atoms with Crippen LogP contribution in [-0.2, 0) is 9.84 Å². The molecule has 0 N–H and O–H groups in total. The molecule has 3 nitrogen and oxygen atoms in total. The van der Waals surface area contributed by atoms with E-state index in [0.717, 1.165) is 4.88 Å². The van der Waals surface area contributed by atoms with Gasteiger partial charge >= 0.3 is 0 Å². The number of thiophene rings is 1. The first kappa shape index (κ1) is 12.3. The maximum Gasteiger partial charge on any atom is 0.191 e. The molecular weight excluding hydrogens is 280 g/mol. The first-order valence-corrected chi connectivity index (χ1v) is 8.22. The Morgan fingerprint density at radius 1 is 1.11 bits per heavy atom. The molecule has 0 radical (unpaired) electrons. The van der Waals surface area contributed by atoms with E-state index in [-0.39, 0.29) is 22.0 Å². The average molecular weight is 290 g/mol. The minimum atomic E-state index is -3.41. The highest BCUT2D eigenvalue weighted by atomic mass is 32.2. The van der Waals surface area contributed by atoms with Crippen molar-refractivity contribution in [3.8, 4) is 0 Å². The molecule has 0 saturated carbocycles. The first-order chi connectivity index (χ1) is 9.08. The first-order valence-electron chi connectivity index (χ1n) is 5.68. The molecule has 0 atom stereocenters. The Morgan fingerprint density at radius 3 is 2.63 bits per heavy atom. The molecule has 0 spiro atoms. The summed E-state index contributed by atoms with van der Waals surface area (Å²) in [6, 6.07) is 10.1. The lowest BCUT2D eigenvalue weighted by Crippen LogP contribution is -2.24. The second-order valence-electron chi connectivity index (χ2n) is 4.27. The fourth-order valence-electron chi connectivity index (χ4n) is 2.10. The van der Waals surface area contributed by atoms with Crippen LogP contribution in [0.25, 0.3) is 6.08 Å². The summed E-state index contributed by atoms with van der Waals surface area (Å²) in [4.78, 5) is 13.3. The molecule has 19 heavy (non-hydrogen) atoms. The summed E-state index contributed by atoms with van der Waals surface area (Å²) < 4.78 is 24.3. The van der Waals surface area contributed by atoms with Gasteiger partial charge in [0, 0.05) is 16.0 Å². The van der Waals surface area contributed by atoms with E-state index in [1.165, 1.54) is 17.4 Å². The molecule has 0 aliphatic carbocycles. The zero-order chi connectivity index (χ0) is 13.5. The van der Waals surface area contributed by atoms with Crippen LogP contribution in [0, 0.1) is 0 Å². The van der Waals surface area contributed by atoms with Crippen LogP contribution >= 0.6 is 11.3 Å². The minimum absolute atomic E-state index is 0.142. The number of carbonyl (C=O) groups is 1. The van der Waals surface area contributed by atoms with Gasteiger partial charge in [0.2, 0.25) is 0 Å². The van der Waals surface area contributed by atoms with Crippen LogP contribution in [-0.4, -0.2) is 20.0 Å². The molecule has 1 aliphatic rings. The molecule has 0 amide bonds. The highest BCUT2D eigenvalue weighted by Crippen LogP contribution is 2.29. The van der Waals surface area contributed by atoms with Crippen molar-refractivity contribution in [3.63, 3.8) is 0 Å². The normalized spacial score (nSPS) is 19.4. The number of rotatable bonds is 1. The van der Waals surface area contributed by atoms with E-state index >= 15 is 0 Å². The zero-order valence-corrected chi connectivity index (χ0v) is 11.5. The van der Waals surface area contributed by atoms with Gasteiger partial charge in [-0.05, 0) is 29.7 Å². The van der Waals surface area contributed by atoms with Crippen LogP contribution in [0.2, 0.25) is 0 Å².